The molecule has 0 fully saturated rings. The summed E-state index contributed by atoms with van der Waals surface area (Å²) in [6.07, 6.45) is 39.7. The van der Waals surface area contributed by atoms with E-state index in [0.717, 1.165) is 31.2 Å². The molecule has 0 unspecified atom stereocenters. The summed E-state index contributed by atoms with van der Waals surface area (Å²) in [5.41, 5.74) is 0.363. The van der Waals surface area contributed by atoms with Crippen molar-refractivity contribution in [2.75, 3.05) is 0 Å². The van der Waals surface area contributed by atoms with E-state index in [1.54, 1.807) is 0 Å². The average Bonchev–Trinajstić information content (AvgIpc) is 3.07. The maximum absolute atomic E-state index is 13.4. The molecule has 1 aromatic carbocycles. The fourth-order valence-electron chi connectivity index (χ4n) is 6.97. The molecule has 290 valence electrons. The van der Waals surface area contributed by atoms with E-state index in [4.69, 9.17) is 9.47 Å². The summed E-state index contributed by atoms with van der Waals surface area (Å²) in [6.45, 7) is 10.2. The molecule has 0 N–H and O–H groups in total. The van der Waals surface area contributed by atoms with E-state index in [1.807, 2.05) is 45.0 Å². The molecular weight excluding hydrogens is 617 g/mol. The summed E-state index contributed by atoms with van der Waals surface area (Å²) < 4.78 is 11.3. The predicted molar refractivity (Wildman–Crippen MR) is 215 cm³/mol. The molecule has 0 aliphatic rings. The second kappa shape index (κ2) is 31.9. The average molecular weight is 699 g/mol. The van der Waals surface area contributed by atoms with Crippen LogP contribution in [0.4, 0.5) is 0 Å². The first-order valence-corrected chi connectivity index (χ1v) is 21.8. The van der Waals surface area contributed by atoms with Gasteiger partial charge in [-0.3, -0.25) is 9.59 Å². The summed E-state index contributed by atoms with van der Waals surface area (Å²) in [6, 6.07) is 7.35. The lowest BCUT2D eigenvalue weighted by Gasteiger charge is -2.19. The SMILES string of the molecule is CCCCCCCCCCCCCCCCC(CCCCCCCCCCCCCCCC)C(=O)Oc1ccc(CC(=O)OC(C)(C)C)cc1. The highest BCUT2D eigenvalue weighted by Gasteiger charge is 2.21. The fraction of sp³-hybridized carbons (Fsp3) is 0.826. The van der Waals surface area contributed by atoms with Gasteiger partial charge in [0.25, 0.3) is 0 Å². The van der Waals surface area contributed by atoms with E-state index < -0.39 is 5.60 Å². The summed E-state index contributed by atoms with van der Waals surface area (Å²) in [5.74, 6) is 0.193. The molecule has 50 heavy (non-hydrogen) atoms. The van der Waals surface area contributed by atoms with Crippen LogP contribution in [0.2, 0.25) is 0 Å². The van der Waals surface area contributed by atoms with Gasteiger partial charge in [-0.05, 0) is 51.3 Å². The van der Waals surface area contributed by atoms with Crippen LogP contribution in [-0.4, -0.2) is 17.5 Å². The Labute approximate surface area is 311 Å². The second-order valence-corrected chi connectivity index (χ2v) is 16.3. The minimum Gasteiger partial charge on any atom is -0.460 e. The van der Waals surface area contributed by atoms with Crippen molar-refractivity contribution >= 4 is 11.9 Å². The number of carbonyl (C=O) groups is 2. The highest BCUT2D eigenvalue weighted by atomic mass is 16.6. The number of esters is 2. The third-order valence-corrected chi connectivity index (χ3v) is 10.1. The van der Waals surface area contributed by atoms with E-state index in [0.29, 0.717) is 5.75 Å². The van der Waals surface area contributed by atoms with Gasteiger partial charge in [0.1, 0.15) is 11.4 Å². The lowest BCUT2D eigenvalue weighted by atomic mass is 9.94. The Hall–Kier alpha value is -1.84. The van der Waals surface area contributed by atoms with E-state index in [-0.39, 0.29) is 24.3 Å². The van der Waals surface area contributed by atoms with E-state index in [2.05, 4.69) is 13.8 Å². The zero-order chi connectivity index (χ0) is 36.5. The van der Waals surface area contributed by atoms with Crippen molar-refractivity contribution in [2.24, 2.45) is 5.92 Å². The number of ether oxygens (including phenoxy) is 2. The first-order valence-electron chi connectivity index (χ1n) is 21.8. The van der Waals surface area contributed by atoms with Crippen LogP contribution < -0.4 is 4.74 Å². The Kier molecular flexibility index (Phi) is 29.4. The highest BCUT2D eigenvalue weighted by Crippen LogP contribution is 2.24. The van der Waals surface area contributed by atoms with Crippen molar-refractivity contribution in [1.82, 2.24) is 0 Å². The van der Waals surface area contributed by atoms with Crippen molar-refractivity contribution in [3.8, 4) is 5.75 Å². The Balaban J connectivity index is 2.38. The third-order valence-electron chi connectivity index (χ3n) is 10.1. The molecule has 4 nitrogen and oxygen atoms in total. The largest absolute Gasteiger partial charge is 0.460 e. The molecule has 0 aliphatic heterocycles. The number of hydrogen-bond donors (Lipinski definition) is 0. The monoisotopic (exact) mass is 699 g/mol. The van der Waals surface area contributed by atoms with Crippen molar-refractivity contribution in [3.63, 3.8) is 0 Å². The molecule has 1 rings (SSSR count). The number of benzene rings is 1. The molecular formula is C46H82O4. The molecule has 0 saturated heterocycles. The molecule has 0 amide bonds. The zero-order valence-corrected chi connectivity index (χ0v) is 33.9. The Bertz CT molecular complexity index is 883. The summed E-state index contributed by atoms with van der Waals surface area (Å²) >= 11 is 0. The number of unbranched alkanes of at least 4 members (excludes halogenated alkanes) is 26. The lowest BCUT2D eigenvalue weighted by Crippen LogP contribution is -2.24. The van der Waals surface area contributed by atoms with Crippen molar-refractivity contribution in [3.05, 3.63) is 29.8 Å². The number of carbonyl (C=O) groups excluding carboxylic acids is 2. The van der Waals surface area contributed by atoms with Gasteiger partial charge in [0.2, 0.25) is 0 Å². The van der Waals surface area contributed by atoms with Crippen LogP contribution in [0.1, 0.15) is 233 Å². The van der Waals surface area contributed by atoms with Crippen molar-refractivity contribution in [1.29, 1.82) is 0 Å². The molecule has 0 aromatic heterocycles. The Morgan fingerprint density at radius 3 is 1.14 bits per heavy atom. The van der Waals surface area contributed by atoms with Crippen LogP contribution in [0.15, 0.2) is 24.3 Å². The van der Waals surface area contributed by atoms with Gasteiger partial charge in [0.15, 0.2) is 0 Å². The van der Waals surface area contributed by atoms with Gasteiger partial charge in [0.05, 0.1) is 12.3 Å². The topological polar surface area (TPSA) is 52.6 Å². The van der Waals surface area contributed by atoms with Crippen LogP contribution in [0, 0.1) is 5.92 Å². The summed E-state index contributed by atoms with van der Waals surface area (Å²) in [4.78, 5) is 25.6. The van der Waals surface area contributed by atoms with E-state index in [9.17, 15) is 9.59 Å². The second-order valence-electron chi connectivity index (χ2n) is 16.3. The Morgan fingerprint density at radius 1 is 0.500 bits per heavy atom. The molecule has 0 atom stereocenters. The van der Waals surface area contributed by atoms with Gasteiger partial charge in [-0.25, -0.2) is 0 Å². The van der Waals surface area contributed by atoms with Gasteiger partial charge in [-0.2, -0.15) is 0 Å². The minimum atomic E-state index is -0.499. The van der Waals surface area contributed by atoms with Crippen molar-refractivity contribution in [2.45, 2.75) is 239 Å². The van der Waals surface area contributed by atoms with Gasteiger partial charge in [-0.15, -0.1) is 0 Å². The predicted octanol–water partition coefficient (Wildman–Crippen LogP) is 14.8. The molecule has 0 bridgehead atoms. The highest BCUT2D eigenvalue weighted by molar-refractivity contribution is 5.75. The maximum atomic E-state index is 13.4. The molecule has 0 radical (unpaired) electrons. The van der Waals surface area contributed by atoms with Crippen LogP contribution in [0.3, 0.4) is 0 Å². The summed E-state index contributed by atoms with van der Waals surface area (Å²) in [5, 5.41) is 0. The first kappa shape index (κ1) is 46.2. The van der Waals surface area contributed by atoms with Crippen LogP contribution >= 0.6 is 0 Å². The fourth-order valence-corrected chi connectivity index (χ4v) is 6.97. The molecule has 1 aromatic rings. The number of hydrogen-bond acceptors (Lipinski definition) is 4. The normalized spacial score (nSPS) is 11.7. The van der Waals surface area contributed by atoms with E-state index in [1.165, 1.54) is 167 Å². The van der Waals surface area contributed by atoms with Gasteiger partial charge in [-0.1, -0.05) is 206 Å². The zero-order valence-electron chi connectivity index (χ0n) is 33.9. The van der Waals surface area contributed by atoms with Crippen LogP contribution in [-0.2, 0) is 20.7 Å². The molecule has 4 heteroatoms. The lowest BCUT2D eigenvalue weighted by molar-refractivity contribution is -0.154. The minimum absolute atomic E-state index is 0.0360. The first-order chi connectivity index (χ1) is 24.2. The van der Waals surface area contributed by atoms with Gasteiger partial charge >= 0.3 is 11.9 Å². The molecule has 0 spiro atoms. The molecule has 0 saturated carbocycles. The van der Waals surface area contributed by atoms with Crippen molar-refractivity contribution < 1.29 is 19.1 Å². The summed E-state index contributed by atoms with van der Waals surface area (Å²) in [7, 11) is 0. The van der Waals surface area contributed by atoms with E-state index >= 15 is 0 Å². The standard InChI is InChI=1S/C46H82O4/c1-6-8-10-12-14-16-18-20-22-24-26-28-30-32-34-42(35-33-31-29-27-25-23-21-19-17-15-13-11-9-7-2)45(48)49-43-38-36-41(37-39-43)40-44(47)50-46(3,4)5/h36-39,42H,6-35,40H2,1-5H3. The number of rotatable bonds is 34. The molecule has 0 aliphatic carbocycles. The quantitative estimate of drug-likeness (QED) is 0.0408. The maximum Gasteiger partial charge on any atom is 0.314 e. The molecule has 0 heterocycles. The third kappa shape index (κ3) is 28.8. The Morgan fingerprint density at radius 2 is 0.820 bits per heavy atom. The van der Waals surface area contributed by atoms with Crippen LogP contribution in [0.25, 0.3) is 0 Å². The van der Waals surface area contributed by atoms with Crippen LogP contribution in [0.5, 0.6) is 5.75 Å². The smallest absolute Gasteiger partial charge is 0.314 e. The van der Waals surface area contributed by atoms with Gasteiger partial charge in [0, 0.05) is 0 Å². The van der Waals surface area contributed by atoms with Gasteiger partial charge < -0.3 is 9.47 Å².